The molecule has 3 heterocycles. The first-order valence-electron chi connectivity index (χ1n) is 28.3. The van der Waals surface area contributed by atoms with E-state index in [1.54, 1.807) is 0 Å². The highest BCUT2D eigenvalue weighted by atomic mass is 16.4. The summed E-state index contributed by atoms with van der Waals surface area (Å²) in [6.45, 7) is 43.8. The van der Waals surface area contributed by atoms with Gasteiger partial charge in [0.1, 0.15) is 5.58 Å². The van der Waals surface area contributed by atoms with E-state index >= 15 is 0 Å². The smallest absolute Gasteiger partial charge is 0.257 e. The van der Waals surface area contributed by atoms with Crippen molar-refractivity contribution in [2.45, 2.75) is 206 Å². The van der Waals surface area contributed by atoms with Gasteiger partial charge >= 0.3 is 0 Å². The number of furan rings is 1. The molecule has 0 N–H and O–H groups in total. The van der Waals surface area contributed by atoms with Crippen LogP contribution in [0.2, 0.25) is 0 Å². The Balaban J connectivity index is 1.27. The van der Waals surface area contributed by atoms with Crippen LogP contribution in [0.15, 0.2) is 108 Å². The molecule has 382 valence electrons. The second-order valence-electron chi connectivity index (χ2n) is 29.9. The standard InChI is InChI=1S/C70H83BN2O/c1-63(2,3)44-34-45(64(4,5)6)36-47(35-44)72-56-40-53-52(68(13,14)29-30-69(53,15)16)39-55(56)71-60-48-38-51-54(70(17,18)31-28-67(51,11)12)41-59(48)74-62(60)73(46-24-25-49-50(37-46)66(9,10)27-26-65(49,7)8)58-33-43(32-57(72)61(58)71)42-22-20-19-21-23-42/h19-25,32-41H,26-31H2,1-18H3. The first kappa shape index (κ1) is 49.4. The van der Waals surface area contributed by atoms with E-state index in [2.05, 4.69) is 238 Å². The third-order valence-electron chi connectivity index (χ3n) is 19.7. The Morgan fingerprint density at radius 1 is 0.405 bits per heavy atom. The molecule has 3 aliphatic carbocycles. The Labute approximate surface area is 445 Å². The van der Waals surface area contributed by atoms with Crippen LogP contribution in [0.1, 0.15) is 208 Å². The van der Waals surface area contributed by atoms with E-state index in [-0.39, 0.29) is 50.0 Å². The number of benzene rings is 6. The Morgan fingerprint density at radius 3 is 1.42 bits per heavy atom. The Kier molecular flexibility index (Phi) is 10.4. The van der Waals surface area contributed by atoms with Crippen LogP contribution in [0.5, 0.6) is 0 Å². The number of fused-ring (bicyclic) bond motifs is 9. The van der Waals surface area contributed by atoms with Crippen LogP contribution in [-0.4, -0.2) is 6.71 Å². The fourth-order valence-electron chi connectivity index (χ4n) is 14.3. The maximum Gasteiger partial charge on any atom is 0.257 e. The van der Waals surface area contributed by atoms with Gasteiger partial charge in [-0.15, -0.1) is 0 Å². The van der Waals surface area contributed by atoms with Crippen LogP contribution in [0.25, 0.3) is 22.1 Å². The largest absolute Gasteiger partial charge is 0.440 e. The molecule has 0 atom stereocenters. The monoisotopic (exact) mass is 979 g/mol. The highest BCUT2D eigenvalue weighted by Gasteiger charge is 2.50. The fourth-order valence-corrected chi connectivity index (χ4v) is 14.3. The van der Waals surface area contributed by atoms with Crippen molar-refractivity contribution in [2.24, 2.45) is 0 Å². The summed E-state index contributed by atoms with van der Waals surface area (Å²) in [5.74, 6) is 0.959. The molecule has 4 heteroatoms. The van der Waals surface area contributed by atoms with Gasteiger partial charge in [0.15, 0.2) is 0 Å². The van der Waals surface area contributed by atoms with Crippen LogP contribution in [0.3, 0.4) is 0 Å². The quantitative estimate of drug-likeness (QED) is 0.165. The lowest BCUT2D eigenvalue weighted by Crippen LogP contribution is -2.61. The van der Waals surface area contributed by atoms with Crippen molar-refractivity contribution in [3.63, 3.8) is 0 Å². The molecular weight excluding hydrogens is 896 g/mol. The van der Waals surface area contributed by atoms with Gasteiger partial charge in [0.05, 0.1) is 0 Å². The van der Waals surface area contributed by atoms with Gasteiger partial charge in [-0.05, 0) is 203 Å². The molecule has 6 aromatic carbocycles. The van der Waals surface area contributed by atoms with Crippen LogP contribution in [-0.2, 0) is 43.3 Å². The van der Waals surface area contributed by atoms with Gasteiger partial charge in [-0.25, -0.2) is 0 Å². The molecule has 5 aliphatic rings. The summed E-state index contributed by atoms with van der Waals surface area (Å²) in [5.41, 5.74) is 25.2. The van der Waals surface area contributed by atoms with Crippen molar-refractivity contribution in [1.29, 1.82) is 0 Å². The SMILES string of the molecule is CC(C)(C)c1cc(N2c3cc4c(cc3B3c5c2cc(-c2ccccc2)cc5N(c2ccc5c(c2)C(C)(C)CCC5(C)C)c2oc5cc6c(cc5c23)C(C)(C)CCC6(C)C)C(C)(C)CCC4(C)C)cc(C(C)(C)C)c1. The van der Waals surface area contributed by atoms with Gasteiger partial charge in [-0.2, -0.15) is 0 Å². The van der Waals surface area contributed by atoms with Crippen LogP contribution in [0, 0.1) is 0 Å². The van der Waals surface area contributed by atoms with E-state index in [9.17, 15) is 0 Å². The first-order chi connectivity index (χ1) is 34.4. The molecule has 74 heavy (non-hydrogen) atoms. The summed E-state index contributed by atoms with van der Waals surface area (Å²) in [6.07, 6.45) is 6.94. The maximum absolute atomic E-state index is 7.75. The van der Waals surface area contributed by atoms with Crippen LogP contribution in [0.4, 0.5) is 34.3 Å². The van der Waals surface area contributed by atoms with Crippen molar-refractivity contribution in [3.8, 4) is 11.1 Å². The zero-order valence-corrected chi connectivity index (χ0v) is 48.4. The number of nitrogens with zero attached hydrogens (tertiary/aromatic N) is 2. The molecule has 7 aromatic rings. The topological polar surface area (TPSA) is 19.6 Å². The number of hydrogen-bond acceptors (Lipinski definition) is 3. The molecule has 0 unspecified atom stereocenters. The third-order valence-corrected chi connectivity index (χ3v) is 19.7. The Morgan fingerprint density at radius 2 is 0.878 bits per heavy atom. The molecule has 12 rings (SSSR count). The summed E-state index contributed by atoms with van der Waals surface area (Å²) in [7, 11) is 0. The molecular formula is C70H83BN2O. The van der Waals surface area contributed by atoms with Gasteiger partial charge in [0.2, 0.25) is 5.88 Å². The second-order valence-corrected chi connectivity index (χ2v) is 29.9. The van der Waals surface area contributed by atoms with E-state index in [1.807, 2.05) is 0 Å². The molecule has 0 spiro atoms. The van der Waals surface area contributed by atoms with Crippen molar-refractivity contribution in [3.05, 3.63) is 148 Å². The van der Waals surface area contributed by atoms with E-state index in [0.717, 1.165) is 43.6 Å². The van der Waals surface area contributed by atoms with E-state index in [4.69, 9.17) is 4.42 Å². The third kappa shape index (κ3) is 7.40. The zero-order valence-electron chi connectivity index (χ0n) is 48.4. The molecule has 2 aliphatic heterocycles. The predicted molar refractivity (Wildman–Crippen MR) is 319 cm³/mol. The summed E-state index contributed by atoms with van der Waals surface area (Å²) in [5, 5.41) is 1.25. The molecule has 0 amide bonds. The normalized spacial score (nSPS) is 20.3. The molecule has 1 aromatic heterocycles. The Bertz CT molecular complexity index is 3460. The minimum absolute atomic E-state index is 0.00973. The first-order valence-corrected chi connectivity index (χ1v) is 28.3. The lowest BCUT2D eigenvalue weighted by atomic mass is 9.33. The summed E-state index contributed by atoms with van der Waals surface area (Å²) >= 11 is 0. The second kappa shape index (κ2) is 15.6. The zero-order chi connectivity index (χ0) is 52.8. The maximum atomic E-state index is 7.75. The van der Waals surface area contributed by atoms with Gasteiger partial charge in [-0.1, -0.05) is 173 Å². The molecule has 3 nitrogen and oxygen atoms in total. The molecule has 0 saturated heterocycles. The van der Waals surface area contributed by atoms with Crippen molar-refractivity contribution in [1.82, 2.24) is 0 Å². The highest BCUT2D eigenvalue weighted by molar-refractivity contribution is 7.01. The van der Waals surface area contributed by atoms with Crippen LogP contribution >= 0.6 is 0 Å². The minimum Gasteiger partial charge on any atom is -0.440 e. The predicted octanol–water partition coefficient (Wildman–Crippen LogP) is 17.8. The van der Waals surface area contributed by atoms with Gasteiger partial charge in [0.25, 0.3) is 6.71 Å². The van der Waals surface area contributed by atoms with Crippen LogP contribution < -0.4 is 26.2 Å². The molecule has 0 saturated carbocycles. The van der Waals surface area contributed by atoms with Crippen molar-refractivity contribution in [2.75, 3.05) is 9.80 Å². The lowest BCUT2D eigenvalue weighted by molar-refractivity contribution is 0.332. The summed E-state index contributed by atoms with van der Waals surface area (Å²) in [4.78, 5) is 5.29. The van der Waals surface area contributed by atoms with Crippen molar-refractivity contribution < 1.29 is 4.42 Å². The van der Waals surface area contributed by atoms with E-state index in [0.29, 0.717) is 0 Å². The number of anilines is 6. The van der Waals surface area contributed by atoms with Gasteiger partial charge in [-0.3, -0.25) is 4.90 Å². The Hall–Kier alpha value is -5.48. The van der Waals surface area contributed by atoms with Gasteiger partial charge < -0.3 is 9.32 Å². The molecule has 0 radical (unpaired) electrons. The number of rotatable bonds is 3. The average Bonchev–Trinajstić information content (AvgIpc) is 3.70. The van der Waals surface area contributed by atoms with Gasteiger partial charge in [0, 0.05) is 39.3 Å². The minimum atomic E-state index is -0.0895. The van der Waals surface area contributed by atoms with Crippen molar-refractivity contribution >= 4 is 68.4 Å². The van der Waals surface area contributed by atoms with E-state index in [1.165, 1.54) is 112 Å². The fraction of sp³-hybridized carbons (Fsp3) is 0.457. The molecule has 0 fully saturated rings. The highest BCUT2D eigenvalue weighted by Crippen LogP contribution is 2.55. The lowest BCUT2D eigenvalue weighted by Gasteiger charge is -2.47. The average molecular weight is 979 g/mol. The van der Waals surface area contributed by atoms with E-state index < -0.39 is 0 Å². The number of hydrogen-bond donors (Lipinski definition) is 0. The molecule has 0 bridgehead atoms. The summed E-state index contributed by atoms with van der Waals surface area (Å²) < 4.78 is 7.75. The summed E-state index contributed by atoms with van der Waals surface area (Å²) in [6, 6.07) is 41.6.